The van der Waals surface area contributed by atoms with E-state index in [1.54, 1.807) is 12.1 Å². The van der Waals surface area contributed by atoms with Crippen molar-refractivity contribution in [2.45, 2.75) is 0 Å². The van der Waals surface area contributed by atoms with Gasteiger partial charge in [0.1, 0.15) is 5.75 Å². The van der Waals surface area contributed by atoms with E-state index in [2.05, 4.69) is 9.97 Å². The van der Waals surface area contributed by atoms with Crippen molar-refractivity contribution in [1.29, 1.82) is 0 Å². The van der Waals surface area contributed by atoms with E-state index in [0.29, 0.717) is 0 Å². The van der Waals surface area contributed by atoms with E-state index in [9.17, 15) is 5.11 Å². The Labute approximate surface area is 98.4 Å². The molecule has 0 saturated carbocycles. The topological polar surface area (TPSA) is 46.0 Å². The molecule has 0 bridgehead atoms. The molecule has 2 heterocycles. The molecule has 3 heteroatoms. The lowest BCUT2D eigenvalue weighted by Crippen LogP contribution is -1.87. The summed E-state index contributed by atoms with van der Waals surface area (Å²) in [6.45, 7) is 0. The number of hydrogen-bond donors (Lipinski definition) is 1. The Morgan fingerprint density at radius 2 is 1.65 bits per heavy atom. The first kappa shape index (κ1) is 9.78. The van der Waals surface area contributed by atoms with Crippen LogP contribution in [-0.4, -0.2) is 15.1 Å². The molecule has 1 aromatic carbocycles. The third-order valence-electron chi connectivity index (χ3n) is 2.61. The predicted molar refractivity (Wildman–Crippen MR) is 66.6 cm³/mol. The van der Waals surface area contributed by atoms with Gasteiger partial charge in [0.05, 0.1) is 23.1 Å². The quantitative estimate of drug-likeness (QED) is 0.688. The zero-order chi connectivity index (χ0) is 11.7. The third-order valence-corrected chi connectivity index (χ3v) is 2.61. The number of aromatic nitrogens is 2. The van der Waals surface area contributed by atoms with Gasteiger partial charge in [-0.25, -0.2) is 4.98 Å². The van der Waals surface area contributed by atoms with Crippen molar-refractivity contribution in [2.75, 3.05) is 0 Å². The first-order valence-corrected chi connectivity index (χ1v) is 5.34. The Bertz CT molecular complexity index is 662. The molecule has 0 spiro atoms. The first-order valence-electron chi connectivity index (χ1n) is 5.34. The molecule has 0 unspecified atom stereocenters. The maximum atomic E-state index is 9.19. The number of hydrogen-bond acceptors (Lipinski definition) is 3. The van der Waals surface area contributed by atoms with E-state index in [1.165, 1.54) is 6.20 Å². The Balaban J connectivity index is 2.14. The lowest BCUT2D eigenvalue weighted by molar-refractivity contribution is 0.473. The standard InChI is InChI=1S/C14H10N2O/c17-11-6-8-13(15-9-11)14-7-5-10-3-1-2-4-12(10)16-14/h1-9,17H. The zero-order valence-electron chi connectivity index (χ0n) is 9.04. The van der Waals surface area contributed by atoms with Crippen molar-refractivity contribution >= 4 is 10.9 Å². The van der Waals surface area contributed by atoms with Gasteiger partial charge in [-0.2, -0.15) is 0 Å². The van der Waals surface area contributed by atoms with Gasteiger partial charge < -0.3 is 5.11 Å². The van der Waals surface area contributed by atoms with Gasteiger partial charge in [0.2, 0.25) is 0 Å². The summed E-state index contributed by atoms with van der Waals surface area (Å²) in [5, 5.41) is 10.3. The monoisotopic (exact) mass is 222 g/mol. The molecule has 0 amide bonds. The zero-order valence-corrected chi connectivity index (χ0v) is 9.04. The van der Waals surface area contributed by atoms with Gasteiger partial charge in [0.25, 0.3) is 0 Å². The van der Waals surface area contributed by atoms with Crippen molar-refractivity contribution in [1.82, 2.24) is 9.97 Å². The minimum atomic E-state index is 0.162. The molecule has 1 N–H and O–H groups in total. The fourth-order valence-electron chi connectivity index (χ4n) is 1.75. The van der Waals surface area contributed by atoms with Gasteiger partial charge in [-0.15, -0.1) is 0 Å². The highest BCUT2D eigenvalue weighted by molar-refractivity contribution is 5.80. The average Bonchev–Trinajstić information content (AvgIpc) is 2.39. The van der Waals surface area contributed by atoms with E-state index >= 15 is 0 Å². The van der Waals surface area contributed by atoms with E-state index in [4.69, 9.17) is 0 Å². The molecule has 0 fully saturated rings. The summed E-state index contributed by atoms with van der Waals surface area (Å²) < 4.78 is 0. The van der Waals surface area contributed by atoms with Gasteiger partial charge in [0.15, 0.2) is 0 Å². The number of para-hydroxylation sites is 1. The lowest BCUT2D eigenvalue weighted by Gasteiger charge is -2.02. The highest BCUT2D eigenvalue weighted by atomic mass is 16.3. The molecular weight excluding hydrogens is 212 g/mol. The number of rotatable bonds is 1. The van der Waals surface area contributed by atoms with E-state index in [-0.39, 0.29) is 5.75 Å². The largest absolute Gasteiger partial charge is 0.506 e. The second-order valence-corrected chi connectivity index (χ2v) is 3.79. The Hall–Kier alpha value is -2.42. The molecule has 0 aliphatic heterocycles. The molecule has 2 aromatic heterocycles. The minimum Gasteiger partial charge on any atom is -0.506 e. The SMILES string of the molecule is Oc1ccc(-c2ccc3ccccc3n2)nc1. The molecule has 17 heavy (non-hydrogen) atoms. The van der Waals surface area contributed by atoms with Gasteiger partial charge in [-0.3, -0.25) is 4.98 Å². The molecule has 0 aliphatic rings. The Kier molecular flexibility index (Phi) is 2.22. The van der Waals surface area contributed by atoms with Gasteiger partial charge in [-0.1, -0.05) is 24.3 Å². The lowest BCUT2D eigenvalue weighted by atomic mass is 10.1. The molecule has 0 saturated heterocycles. The molecule has 82 valence electrons. The summed E-state index contributed by atoms with van der Waals surface area (Å²) in [5.74, 6) is 0.162. The van der Waals surface area contributed by atoms with Gasteiger partial charge in [-0.05, 0) is 24.3 Å². The van der Waals surface area contributed by atoms with Crippen LogP contribution in [0.15, 0.2) is 54.7 Å². The number of pyridine rings is 2. The molecule has 0 radical (unpaired) electrons. The summed E-state index contributed by atoms with van der Waals surface area (Å²) in [6.07, 6.45) is 1.42. The van der Waals surface area contributed by atoms with Crippen molar-refractivity contribution in [2.24, 2.45) is 0 Å². The van der Waals surface area contributed by atoms with Crippen LogP contribution in [-0.2, 0) is 0 Å². The number of benzene rings is 1. The van der Waals surface area contributed by atoms with Crippen molar-refractivity contribution in [3.05, 3.63) is 54.7 Å². The fraction of sp³-hybridized carbons (Fsp3) is 0. The maximum absolute atomic E-state index is 9.19. The first-order chi connectivity index (χ1) is 8.33. The molecule has 3 rings (SSSR count). The van der Waals surface area contributed by atoms with Crippen molar-refractivity contribution in [3.8, 4) is 17.1 Å². The van der Waals surface area contributed by atoms with Crippen molar-refractivity contribution in [3.63, 3.8) is 0 Å². The summed E-state index contributed by atoms with van der Waals surface area (Å²) in [6, 6.07) is 15.3. The van der Waals surface area contributed by atoms with Crippen LogP contribution in [0.3, 0.4) is 0 Å². The average molecular weight is 222 g/mol. The predicted octanol–water partition coefficient (Wildman–Crippen LogP) is 3.00. The summed E-state index contributed by atoms with van der Waals surface area (Å²) in [5.41, 5.74) is 2.51. The Morgan fingerprint density at radius 3 is 2.47 bits per heavy atom. The van der Waals surface area contributed by atoms with E-state index in [0.717, 1.165) is 22.3 Å². The van der Waals surface area contributed by atoms with E-state index < -0.39 is 0 Å². The van der Waals surface area contributed by atoms with Crippen LogP contribution in [0.25, 0.3) is 22.3 Å². The van der Waals surface area contributed by atoms with Crippen LogP contribution in [0.4, 0.5) is 0 Å². The van der Waals surface area contributed by atoms with Crippen LogP contribution in [0, 0.1) is 0 Å². The van der Waals surface area contributed by atoms with Crippen LogP contribution >= 0.6 is 0 Å². The minimum absolute atomic E-state index is 0.162. The van der Waals surface area contributed by atoms with Gasteiger partial charge >= 0.3 is 0 Å². The second kappa shape index (κ2) is 3.87. The van der Waals surface area contributed by atoms with Crippen LogP contribution in [0.1, 0.15) is 0 Å². The van der Waals surface area contributed by atoms with Crippen molar-refractivity contribution < 1.29 is 5.11 Å². The number of fused-ring (bicyclic) bond motifs is 1. The Morgan fingerprint density at radius 1 is 0.824 bits per heavy atom. The molecule has 3 nitrogen and oxygen atoms in total. The maximum Gasteiger partial charge on any atom is 0.133 e. The summed E-state index contributed by atoms with van der Waals surface area (Å²) in [7, 11) is 0. The molecule has 0 aliphatic carbocycles. The van der Waals surface area contributed by atoms with Crippen LogP contribution in [0.5, 0.6) is 5.75 Å². The smallest absolute Gasteiger partial charge is 0.133 e. The molecular formula is C14H10N2O. The molecule has 0 atom stereocenters. The normalized spacial score (nSPS) is 10.6. The second-order valence-electron chi connectivity index (χ2n) is 3.79. The van der Waals surface area contributed by atoms with Crippen LogP contribution in [0.2, 0.25) is 0 Å². The van der Waals surface area contributed by atoms with Crippen LogP contribution < -0.4 is 0 Å². The highest BCUT2D eigenvalue weighted by Gasteiger charge is 2.02. The number of aromatic hydroxyl groups is 1. The summed E-state index contributed by atoms with van der Waals surface area (Å²) in [4.78, 5) is 8.67. The third kappa shape index (κ3) is 1.83. The summed E-state index contributed by atoms with van der Waals surface area (Å²) >= 11 is 0. The fourth-order valence-corrected chi connectivity index (χ4v) is 1.75. The van der Waals surface area contributed by atoms with E-state index in [1.807, 2.05) is 36.4 Å². The highest BCUT2D eigenvalue weighted by Crippen LogP contribution is 2.20. The van der Waals surface area contributed by atoms with Gasteiger partial charge in [0, 0.05) is 5.39 Å². The molecule has 3 aromatic rings. The number of nitrogens with zero attached hydrogens (tertiary/aromatic N) is 2.